The number of ether oxygens (including phenoxy) is 3. The van der Waals surface area contributed by atoms with Crippen molar-refractivity contribution in [3.05, 3.63) is 23.8 Å². The second kappa shape index (κ2) is 16.2. The molecule has 1 fully saturated rings. The average molecular weight is 522 g/mol. The first-order valence-corrected chi connectivity index (χ1v) is 13.9. The Hall–Kier alpha value is -1.87. The molecule has 1 heterocycles. The third-order valence-electron chi connectivity index (χ3n) is 7.56. The summed E-state index contributed by atoms with van der Waals surface area (Å²) in [5.74, 6) is 2.49. The van der Waals surface area contributed by atoms with E-state index in [1.807, 2.05) is 26.0 Å². The molecule has 0 bridgehead atoms. The average Bonchev–Trinajstić information content (AvgIpc) is 2.83. The van der Waals surface area contributed by atoms with E-state index in [9.17, 15) is 9.90 Å². The zero-order valence-corrected chi connectivity index (χ0v) is 23.8. The molecule has 0 radical (unpaired) electrons. The van der Waals surface area contributed by atoms with Crippen LogP contribution in [0, 0.1) is 29.6 Å². The van der Waals surface area contributed by atoms with Gasteiger partial charge in [-0.05, 0) is 54.7 Å². The van der Waals surface area contributed by atoms with E-state index in [4.69, 9.17) is 19.9 Å². The summed E-state index contributed by atoms with van der Waals surface area (Å²) < 4.78 is 16.5. The number of rotatable bonds is 18. The fraction of sp³-hybridized carbons (Fsp3) is 0.759. The summed E-state index contributed by atoms with van der Waals surface area (Å²) in [4.78, 5) is 12.8. The van der Waals surface area contributed by atoms with Crippen LogP contribution >= 0.6 is 0 Å². The van der Waals surface area contributed by atoms with Crippen molar-refractivity contribution in [2.24, 2.45) is 35.3 Å². The van der Waals surface area contributed by atoms with Crippen molar-refractivity contribution in [2.45, 2.75) is 65.5 Å². The van der Waals surface area contributed by atoms with Crippen LogP contribution in [0.4, 0.5) is 0 Å². The largest absolute Gasteiger partial charge is 0.493 e. The molecule has 0 aliphatic carbocycles. The maximum absolute atomic E-state index is 12.8. The Bertz CT molecular complexity index is 800. The van der Waals surface area contributed by atoms with Crippen molar-refractivity contribution in [3.8, 4) is 11.5 Å². The smallest absolute Gasteiger partial charge is 0.223 e. The zero-order chi connectivity index (χ0) is 27.4. The molecule has 8 heteroatoms. The van der Waals surface area contributed by atoms with Gasteiger partial charge < -0.3 is 35.7 Å². The number of carbonyl (C=O) groups is 1. The predicted molar refractivity (Wildman–Crippen MR) is 148 cm³/mol. The topological polar surface area (TPSA) is 115 Å². The summed E-state index contributed by atoms with van der Waals surface area (Å²) in [6.45, 7) is 12.2. The molecular formula is C29H51N3O5. The van der Waals surface area contributed by atoms with Crippen LogP contribution in [0.5, 0.6) is 11.5 Å². The van der Waals surface area contributed by atoms with Crippen LogP contribution in [-0.4, -0.2) is 70.2 Å². The van der Waals surface area contributed by atoms with Crippen LogP contribution in [-0.2, 0) is 16.0 Å². The van der Waals surface area contributed by atoms with Crippen molar-refractivity contribution in [2.75, 3.05) is 47.1 Å². The highest BCUT2D eigenvalue weighted by Gasteiger charge is 2.30. The molecule has 8 nitrogen and oxygen atoms in total. The normalized spacial score (nSPS) is 17.2. The predicted octanol–water partition coefficient (Wildman–Crippen LogP) is 3.00. The Morgan fingerprint density at radius 1 is 1.11 bits per heavy atom. The lowest BCUT2D eigenvalue weighted by Crippen LogP contribution is -2.50. The summed E-state index contributed by atoms with van der Waals surface area (Å²) in [5.41, 5.74) is 7.68. The van der Waals surface area contributed by atoms with Gasteiger partial charge in [0, 0.05) is 57.6 Å². The van der Waals surface area contributed by atoms with Gasteiger partial charge in [-0.3, -0.25) is 4.79 Å². The van der Waals surface area contributed by atoms with Crippen molar-refractivity contribution < 1.29 is 24.1 Å². The number of benzene rings is 1. The van der Waals surface area contributed by atoms with Crippen LogP contribution in [0.15, 0.2) is 18.2 Å². The molecule has 212 valence electrons. The zero-order valence-electron chi connectivity index (χ0n) is 23.8. The quantitative estimate of drug-likeness (QED) is 0.220. The van der Waals surface area contributed by atoms with Crippen LogP contribution in [0.25, 0.3) is 0 Å². The van der Waals surface area contributed by atoms with E-state index in [2.05, 4.69) is 30.5 Å². The second-order valence-electron chi connectivity index (χ2n) is 11.2. The van der Waals surface area contributed by atoms with E-state index in [-0.39, 0.29) is 23.7 Å². The molecule has 0 unspecified atom stereocenters. The van der Waals surface area contributed by atoms with Crippen molar-refractivity contribution in [1.29, 1.82) is 0 Å². The van der Waals surface area contributed by atoms with Gasteiger partial charge in [-0.15, -0.1) is 0 Å². The van der Waals surface area contributed by atoms with Gasteiger partial charge in [-0.25, -0.2) is 0 Å². The Kier molecular flexibility index (Phi) is 13.7. The molecule has 4 atom stereocenters. The molecule has 1 aliphatic heterocycles. The highest BCUT2D eigenvalue weighted by molar-refractivity contribution is 5.78. The molecule has 37 heavy (non-hydrogen) atoms. The lowest BCUT2D eigenvalue weighted by Gasteiger charge is -2.31. The van der Waals surface area contributed by atoms with E-state index in [0.717, 1.165) is 37.2 Å². The summed E-state index contributed by atoms with van der Waals surface area (Å²) in [6, 6.07) is 5.65. The molecule has 1 aromatic carbocycles. The Balaban J connectivity index is 1.98. The number of hydrogen-bond acceptors (Lipinski definition) is 7. The Morgan fingerprint density at radius 2 is 1.84 bits per heavy atom. The molecule has 0 aromatic heterocycles. The number of aliphatic hydroxyl groups is 1. The highest BCUT2D eigenvalue weighted by atomic mass is 16.5. The van der Waals surface area contributed by atoms with E-state index < -0.39 is 12.1 Å². The molecule has 5 N–H and O–H groups in total. The monoisotopic (exact) mass is 521 g/mol. The van der Waals surface area contributed by atoms with Crippen molar-refractivity contribution in [1.82, 2.24) is 10.6 Å². The maximum Gasteiger partial charge on any atom is 0.223 e. The summed E-state index contributed by atoms with van der Waals surface area (Å²) in [6.07, 6.45) is 1.94. The minimum atomic E-state index is -0.736. The molecule has 1 saturated heterocycles. The number of methoxy groups -OCH3 is 2. The van der Waals surface area contributed by atoms with Gasteiger partial charge >= 0.3 is 0 Å². The third kappa shape index (κ3) is 10.4. The van der Waals surface area contributed by atoms with Gasteiger partial charge in [-0.1, -0.05) is 33.8 Å². The van der Waals surface area contributed by atoms with Crippen LogP contribution in [0.2, 0.25) is 0 Å². The number of amides is 1. The first kappa shape index (κ1) is 31.3. The fourth-order valence-corrected chi connectivity index (χ4v) is 4.73. The third-order valence-corrected chi connectivity index (χ3v) is 7.56. The lowest BCUT2D eigenvalue weighted by molar-refractivity contribution is -0.128. The molecule has 1 aliphatic rings. The second-order valence-corrected chi connectivity index (χ2v) is 11.2. The standard InChI is InChI=1S/C29H51N3O5/c1-19(2)23(12-21-8-9-27(36-6)28(13-21)37-11-7-10-35-5)14-25(30)26(33)15-24(20(3)4)29(34)32-18-22-16-31-17-22/h8-9,13,19-20,22-26,31,33H,7,10-12,14-18,30H2,1-6H3,(H,32,34)/t23-,24-,25-,26-/m0/s1. The first-order valence-electron chi connectivity index (χ1n) is 13.9. The minimum Gasteiger partial charge on any atom is -0.493 e. The highest BCUT2D eigenvalue weighted by Crippen LogP contribution is 2.31. The minimum absolute atomic E-state index is 0.0184. The molecule has 0 saturated carbocycles. The number of aliphatic hydroxyl groups excluding tert-OH is 1. The van der Waals surface area contributed by atoms with Crippen LogP contribution < -0.4 is 25.8 Å². The van der Waals surface area contributed by atoms with E-state index in [1.54, 1.807) is 14.2 Å². The van der Waals surface area contributed by atoms with Crippen LogP contribution in [0.3, 0.4) is 0 Å². The lowest BCUT2D eigenvalue weighted by atomic mass is 9.80. The molecular weight excluding hydrogens is 470 g/mol. The molecule has 1 aromatic rings. The fourth-order valence-electron chi connectivity index (χ4n) is 4.73. The van der Waals surface area contributed by atoms with Gasteiger partial charge in [0.05, 0.1) is 19.8 Å². The SMILES string of the molecule is COCCCOc1cc(C[C@@H](C[C@H](N)[C@@H](O)C[C@H](C(=O)NCC2CNC2)C(C)C)C(C)C)ccc1OC. The van der Waals surface area contributed by atoms with Crippen molar-refractivity contribution in [3.63, 3.8) is 0 Å². The molecule has 0 spiro atoms. The van der Waals surface area contributed by atoms with Gasteiger partial charge in [0.25, 0.3) is 0 Å². The summed E-state index contributed by atoms with van der Waals surface area (Å²) in [7, 11) is 3.32. The molecule has 1 amide bonds. The van der Waals surface area contributed by atoms with E-state index >= 15 is 0 Å². The van der Waals surface area contributed by atoms with Crippen molar-refractivity contribution >= 4 is 5.91 Å². The first-order chi connectivity index (χ1) is 17.7. The number of nitrogens with two attached hydrogens (primary N) is 1. The number of hydrogen-bond donors (Lipinski definition) is 4. The maximum atomic E-state index is 12.8. The molecule has 2 rings (SSSR count). The van der Waals surface area contributed by atoms with Gasteiger partial charge in [0.1, 0.15) is 0 Å². The van der Waals surface area contributed by atoms with E-state index in [0.29, 0.717) is 50.2 Å². The van der Waals surface area contributed by atoms with Crippen LogP contribution in [0.1, 0.15) is 52.5 Å². The van der Waals surface area contributed by atoms with Gasteiger partial charge in [-0.2, -0.15) is 0 Å². The number of nitrogens with one attached hydrogen (secondary N) is 2. The Morgan fingerprint density at radius 3 is 2.41 bits per heavy atom. The summed E-state index contributed by atoms with van der Waals surface area (Å²) in [5, 5.41) is 17.3. The van der Waals surface area contributed by atoms with E-state index in [1.165, 1.54) is 0 Å². The Labute approximate surface area is 224 Å². The van der Waals surface area contributed by atoms with Gasteiger partial charge in [0.2, 0.25) is 5.91 Å². The van der Waals surface area contributed by atoms with Gasteiger partial charge in [0.15, 0.2) is 11.5 Å². The number of carbonyl (C=O) groups excluding carboxylic acids is 1. The summed E-state index contributed by atoms with van der Waals surface area (Å²) >= 11 is 0.